The predicted molar refractivity (Wildman–Crippen MR) is 56.1 cm³/mol. The van der Waals surface area contributed by atoms with Crippen molar-refractivity contribution in [2.24, 2.45) is 11.5 Å². The molecule has 4 amide bonds. The lowest BCUT2D eigenvalue weighted by molar-refractivity contribution is -0.150. The van der Waals surface area contributed by atoms with Gasteiger partial charge in [0.1, 0.15) is 12.6 Å². The fraction of sp³-hybridized carbons (Fsp3) is 0.556. The van der Waals surface area contributed by atoms with Gasteiger partial charge in [0, 0.05) is 0 Å². The second-order valence-electron chi connectivity index (χ2n) is 3.83. The van der Waals surface area contributed by atoms with Gasteiger partial charge >= 0.3 is 0 Å². The molecule has 0 aromatic rings. The Kier molecular flexibility index (Phi) is 3.79. The van der Waals surface area contributed by atoms with E-state index in [0.717, 1.165) is 4.90 Å². The van der Waals surface area contributed by atoms with Gasteiger partial charge in [-0.3, -0.25) is 24.5 Å². The highest BCUT2D eigenvalue weighted by molar-refractivity contribution is 6.05. The summed E-state index contributed by atoms with van der Waals surface area (Å²) in [6.07, 6.45) is -0.322. The van der Waals surface area contributed by atoms with Crippen molar-refractivity contribution in [3.8, 4) is 0 Å². The standard InChI is InChI=1S/C9H14N4O4/c1-4-8(16)12-7(15)3-13(4)9(17)5(10)2-6(11)14/h4-5H,2-3,10H2,1H3,(H2,11,14)(H,12,15,16). The van der Waals surface area contributed by atoms with Crippen molar-refractivity contribution in [2.45, 2.75) is 25.4 Å². The van der Waals surface area contributed by atoms with E-state index in [-0.39, 0.29) is 13.0 Å². The predicted octanol–water partition coefficient (Wildman–Crippen LogP) is -2.94. The highest BCUT2D eigenvalue weighted by atomic mass is 16.2. The second-order valence-corrected chi connectivity index (χ2v) is 3.83. The molecule has 1 aliphatic rings. The van der Waals surface area contributed by atoms with Gasteiger partial charge in [0.25, 0.3) is 0 Å². The molecule has 1 rings (SSSR count). The first-order valence-corrected chi connectivity index (χ1v) is 5.01. The van der Waals surface area contributed by atoms with Crippen molar-refractivity contribution in [1.29, 1.82) is 0 Å². The van der Waals surface area contributed by atoms with E-state index in [1.165, 1.54) is 6.92 Å². The highest BCUT2D eigenvalue weighted by Gasteiger charge is 2.35. The number of carbonyl (C=O) groups excluding carboxylic acids is 4. The van der Waals surface area contributed by atoms with Gasteiger partial charge in [0.2, 0.25) is 23.6 Å². The molecule has 1 fully saturated rings. The summed E-state index contributed by atoms with van der Waals surface area (Å²) >= 11 is 0. The van der Waals surface area contributed by atoms with Gasteiger partial charge in [-0.25, -0.2) is 0 Å². The van der Waals surface area contributed by atoms with E-state index in [9.17, 15) is 19.2 Å². The fourth-order valence-electron chi connectivity index (χ4n) is 1.50. The Balaban J connectivity index is 2.76. The molecule has 0 aliphatic carbocycles. The summed E-state index contributed by atoms with van der Waals surface area (Å²) in [5.41, 5.74) is 10.4. The highest BCUT2D eigenvalue weighted by Crippen LogP contribution is 2.07. The van der Waals surface area contributed by atoms with Crippen molar-refractivity contribution < 1.29 is 19.2 Å². The molecule has 5 N–H and O–H groups in total. The molecule has 0 aromatic heterocycles. The minimum Gasteiger partial charge on any atom is -0.370 e. The Hall–Kier alpha value is -1.96. The van der Waals surface area contributed by atoms with Crippen LogP contribution < -0.4 is 16.8 Å². The number of imide groups is 1. The first-order valence-electron chi connectivity index (χ1n) is 5.01. The molecule has 0 saturated carbocycles. The first-order chi connectivity index (χ1) is 7.82. The average molecular weight is 242 g/mol. The zero-order valence-electron chi connectivity index (χ0n) is 9.30. The number of nitrogens with one attached hydrogen (secondary N) is 1. The lowest BCUT2D eigenvalue weighted by Gasteiger charge is -2.33. The summed E-state index contributed by atoms with van der Waals surface area (Å²) in [5.74, 6) is -2.50. The molecule has 1 heterocycles. The monoisotopic (exact) mass is 242 g/mol. The number of nitrogens with zero attached hydrogens (tertiary/aromatic N) is 1. The van der Waals surface area contributed by atoms with E-state index >= 15 is 0 Å². The maximum atomic E-state index is 11.8. The van der Waals surface area contributed by atoms with E-state index in [2.05, 4.69) is 5.32 Å². The van der Waals surface area contributed by atoms with E-state index in [4.69, 9.17) is 11.5 Å². The Bertz CT molecular complexity index is 381. The number of hydrogen-bond acceptors (Lipinski definition) is 5. The van der Waals surface area contributed by atoms with Gasteiger partial charge in [-0.15, -0.1) is 0 Å². The van der Waals surface area contributed by atoms with E-state index in [1.54, 1.807) is 0 Å². The molecule has 1 aliphatic heterocycles. The number of amides is 4. The number of nitrogens with two attached hydrogens (primary N) is 2. The van der Waals surface area contributed by atoms with Crippen LogP contribution >= 0.6 is 0 Å². The molecule has 94 valence electrons. The average Bonchev–Trinajstić information content (AvgIpc) is 2.21. The van der Waals surface area contributed by atoms with Crippen LogP contribution in [0.2, 0.25) is 0 Å². The summed E-state index contributed by atoms with van der Waals surface area (Å²) in [7, 11) is 0. The summed E-state index contributed by atoms with van der Waals surface area (Å²) in [5, 5.41) is 2.09. The maximum absolute atomic E-state index is 11.8. The smallest absolute Gasteiger partial charge is 0.249 e. The van der Waals surface area contributed by atoms with Crippen molar-refractivity contribution in [1.82, 2.24) is 10.2 Å². The molecule has 0 aromatic carbocycles. The third-order valence-corrected chi connectivity index (χ3v) is 2.44. The van der Waals surface area contributed by atoms with Gasteiger partial charge in [-0.1, -0.05) is 0 Å². The van der Waals surface area contributed by atoms with Gasteiger partial charge in [0.05, 0.1) is 12.5 Å². The second kappa shape index (κ2) is 4.91. The third-order valence-electron chi connectivity index (χ3n) is 2.44. The van der Waals surface area contributed by atoms with Crippen LogP contribution in [0.1, 0.15) is 13.3 Å². The molecular weight excluding hydrogens is 228 g/mol. The van der Waals surface area contributed by atoms with Crippen LogP contribution in [0.3, 0.4) is 0 Å². The maximum Gasteiger partial charge on any atom is 0.249 e. The number of rotatable bonds is 3. The van der Waals surface area contributed by atoms with E-state index in [1.807, 2.05) is 0 Å². The van der Waals surface area contributed by atoms with Crippen LogP contribution in [0, 0.1) is 0 Å². The normalized spacial score (nSPS) is 22.0. The number of hydrogen-bond donors (Lipinski definition) is 3. The number of carbonyl (C=O) groups is 4. The molecule has 17 heavy (non-hydrogen) atoms. The molecule has 1 saturated heterocycles. The topological polar surface area (TPSA) is 136 Å². The fourth-order valence-corrected chi connectivity index (χ4v) is 1.50. The lowest BCUT2D eigenvalue weighted by atomic mass is 10.1. The van der Waals surface area contributed by atoms with Crippen LogP contribution in [-0.4, -0.2) is 47.2 Å². The summed E-state index contributed by atoms with van der Waals surface area (Å²) in [6, 6.07) is -1.92. The Morgan fingerprint density at radius 1 is 1.53 bits per heavy atom. The first kappa shape index (κ1) is 13.1. The Labute approximate surface area is 97.3 Å². The molecule has 0 bridgehead atoms. The zero-order chi connectivity index (χ0) is 13.2. The molecule has 2 atom stereocenters. The molecule has 0 spiro atoms. The van der Waals surface area contributed by atoms with Crippen LogP contribution in [-0.2, 0) is 19.2 Å². The van der Waals surface area contributed by atoms with Gasteiger partial charge in [-0.2, -0.15) is 0 Å². The van der Waals surface area contributed by atoms with Crippen molar-refractivity contribution in [3.63, 3.8) is 0 Å². The quantitative estimate of drug-likeness (QED) is 0.455. The number of primary amides is 1. The van der Waals surface area contributed by atoms with Gasteiger partial charge < -0.3 is 16.4 Å². The largest absolute Gasteiger partial charge is 0.370 e. The van der Waals surface area contributed by atoms with Crippen molar-refractivity contribution in [2.75, 3.05) is 6.54 Å². The molecule has 2 unspecified atom stereocenters. The molecular formula is C9H14N4O4. The minimum atomic E-state index is -1.13. The molecule has 8 heteroatoms. The van der Waals surface area contributed by atoms with Gasteiger partial charge in [-0.05, 0) is 6.92 Å². The van der Waals surface area contributed by atoms with Gasteiger partial charge in [0.15, 0.2) is 0 Å². The van der Waals surface area contributed by atoms with Crippen LogP contribution in [0.15, 0.2) is 0 Å². The van der Waals surface area contributed by atoms with E-state index in [0.29, 0.717) is 0 Å². The lowest BCUT2D eigenvalue weighted by Crippen LogP contribution is -2.61. The molecule has 8 nitrogen and oxygen atoms in total. The Morgan fingerprint density at radius 3 is 2.65 bits per heavy atom. The number of piperazine rings is 1. The zero-order valence-corrected chi connectivity index (χ0v) is 9.30. The molecule has 0 radical (unpaired) electrons. The van der Waals surface area contributed by atoms with E-state index < -0.39 is 35.7 Å². The van der Waals surface area contributed by atoms with Crippen LogP contribution in [0.4, 0.5) is 0 Å². The van der Waals surface area contributed by atoms with Crippen molar-refractivity contribution >= 4 is 23.6 Å². The van der Waals surface area contributed by atoms with Crippen LogP contribution in [0.25, 0.3) is 0 Å². The summed E-state index contributed by atoms with van der Waals surface area (Å²) in [6.45, 7) is 1.22. The Morgan fingerprint density at radius 2 is 2.12 bits per heavy atom. The summed E-state index contributed by atoms with van der Waals surface area (Å²) < 4.78 is 0. The summed E-state index contributed by atoms with van der Waals surface area (Å²) in [4.78, 5) is 45.9. The SMILES string of the molecule is CC1C(=O)NC(=O)CN1C(=O)C(N)CC(N)=O. The van der Waals surface area contributed by atoms with Crippen LogP contribution in [0.5, 0.6) is 0 Å². The van der Waals surface area contributed by atoms with Crippen molar-refractivity contribution in [3.05, 3.63) is 0 Å². The third kappa shape index (κ3) is 3.00. The minimum absolute atomic E-state index is 0.252.